The van der Waals surface area contributed by atoms with Crippen LogP contribution in [0.25, 0.3) is 5.82 Å². The van der Waals surface area contributed by atoms with E-state index in [-0.39, 0.29) is 5.84 Å². The van der Waals surface area contributed by atoms with Gasteiger partial charge in [-0.25, -0.2) is 4.98 Å². The van der Waals surface area contributed by atoms with Gasteiger partial charge in [-0.15, -0.1) is 0 Å². The van der Waals surface area contributed by atoms with Gasteiger partial charge in [-0.1, -0.05) is 5.16 Å². The van der Waals surface area contributed by atoms with Crippen molar-refractivity contribution in [1.29, 1.82) is 0 Å². The molecule has 2 heterocycles. The van der Waals surface area contributed by atoms with Crippen LogP contribution >= 0.6 is 0 Å². The number of rotatable bonds is 2. The largest absolute Gasteiger partial charge is 0.409 e. The van der Waals surface area contributed by atoms with Crippen LogP contribution in [0.4, 0.5) is 0 Å². The number of nitrogens with zero attached hydrogens (tertiary/aromatic N) is 4. The van der Waals surface area contributed by atoms with E-state index in [0.717, 1.165) is 5.69 Å². The molecule has 0 spiro atoms. The Balaban J connectivity index is 2.58. The van der Waals surface area contributed by atoms with E-state index in [9.17, 15) is 0 Å². The fraction of sp³-hybridized carbons (Fsp3) is 0.100. The summed E-state index contributed by atoms with van der Waals surface area (Å²) in [6, 6.07) is 3.53. The first-order valence-electron chi connectivity index (χ1n) is 4.67. The number of oxime groups is 1. The highest BCUT2D eigenvalue weighted by Gasteiger charge is 2.10. The first-order chi connectivity index (χ1) is 7.74. The molecule has 82 valence electrons. The van der Waals surface area contributed by atoms with Crippen molar-refractivity contribution in [2.45, 2.75) is 6.92 Å². The molecule has 0 radical (unpaired) electrons. The van der Waals surface area contributed by atoms with E-state index in [1.807, 2.05) is 6.92 Å². The summed E-state index contributed by atoms with van der Waals surface area (Å²) in [4.78, 5) is 8.34. The Morgan fingerprint density at radius 1 is 1.44 bits per heavy atom. The molecule has 2 aromatic heterocycles. The molecule has 0 amide bonds. The summed E-state index contributed by atoms with van der Waals surface area (Å²) >= 11 is 0. The van der Waals surface area contributed by atoms with Crippen molar-refractivity contribution in [3.63, 3.8) is 0 Å². The summed E-state index contributed by atoms with van der Waals surface area (Å²) in [5.41, 5.74) is 6.90. The van der Waals surface area contributed by atoms with Crippen LogP contribution in [-0.4, -0.2) is 25.6 Å². The maximum Gasteiger partial charge on any atom is 0.187 e. The van der Waals surface area contributed by atoms with E-state index in [1.165, 1.54) is 0 Å². The predicted molar refractivity (Wildman–Crippen MR) is 58.6 cm³/mol. The van der Waals surface area contributed by atoms with Crippen LogP contribution < -0.4 is 5.73 Å². The highest BCUT2D eigenvalue weighted by Crippen LogP contribution is 2.12. The van der Waals surface area contributed by atoms with Gasteiger partial charge in [-0.2, -0.15) is 0 Å². The molecule has 2 aromatic rings. The second-order valence-corrected chi connectivity index (χ2v) is 3.21. The zero-order chi connectivity index (χ0) is 11.5. The minimum Gasteiger partial charge on any atom is -0.409 e. The van der Waals surface area contributed by atoms with Crippen LogP contribution in [0.5, 0.6) is 0 Å². The maximum absolute atomic E-state index is 8.66. The van der Waals surface area contributed by atoms with Crippen molar-refractivity contribution in [1.82, 2.24) is 14.5 Å². The highest BCUT2D eigenvalue weighted by atomic mass is 16.4. The van der Waals surface area contributed by atoms with Crippen molar-refractivity contribution in [3.05, 3.63) is 42.1 Å². The molecule has 0 aromatic carbocycles. The van der Waals surface area contributed by atoms with Gasteiger partial charge in [0.25, 0.3) is 0 Å². The summed E-state index contributed by atoms with van der Waals surface area (Å²) in [6.07, 6.45) is 4.99. The molecular weight excluding hydrogens is 206 g/mol. The van der Waals surface area contributed by atoms with Crippen LogP contribution in [0.1, 0.15) is 11.4 Å². The topological polar surface area (TPSA) is 89.3 Å². The van der Waals surface area contributed by atoms with Crippen molar-refractivity contribution in [2.75, 3.05) is 0 Å². The van der Waals surface area contributed by atoms with E-state index in [0.29, 0.717) is 11.5 Å². The molecule has 6 nitrogen and oxygen atoms in total. The zero-order valence-corrected chi connectivity index (χ0v) is 8.70. The maximum atomic E-state index is 8.66. The molecule has 0 aliphatic rings. The van der Waals surface area contributed by atoms with Crippen LogP contribution in [0, 0.1) is 6.92 Å². The summed E-state index contributed by atoms with van der Waals surface area (Å²) in [6.45, 7) is 1.85. The number of nitrogens with two attached hydrogens (primary N) is 1. The monoisotopic (exact) mass is 217 g/mol. The standard InChI is InChI=1S/C10H11N5O/c1-7-10(13-5-4-12-7)15-6-2-3-8(15)9(11)14-16/h2-6,16H,1H3,(H2,11,14). The molecule has 0 fully saturated rings. The predicted octanol–water partition coefficient (Wildman–Crippen LogP) is 0.670. The van der Waals surface area contributed by atoms with Gasteiger partial charge in [0, 0.05) is 18.6 Å². The van der Waals surface area contributed by atoms with Crippen molar-refractivity contribution in [3.8, 4) is 5.82 Å². The Bertz CT molecular complexity index is 532. The van der Waals surface area contributed by atoms with Crippen LogP contribution in [0.15, 0.2) is 35.9 Å². The Morgan fingerprint density at radius 2 is 2.19 bits per heavy atom. The molecule has 0 saturated heterocycles. The first-order valence-corrected chi connectivity index (χ1v) is 4.67. The lowest BCUT2D eigenvalue weighted by atomic mass is 10.4. The molecular formula is C10H11N5O. The SMILES string of the molecule is Cc1nccnc1-n1cccc1/C(N)=N/O. The number of aromatic nitrogens is 3. The lowest BCUT2D eigenvalue weighted by Gasteiger charge is -2.08. The molecule has 0 aliphatic carbocycles. The summed E-state index contributed by atoms with van der Waals surface area (Å²) in [7, 11) is 0. The van der Waals surface area contributed by atoms with E-state index in [1.54, 1.807) is 35.3 Å². The molecule has 0 aliphatic heterocycles. The van der Waals surface area contributed by atoms with Gasteiger partial charge in [-0.3, -0.25) is 9.55 Å². The third-order valence-corrected chi connectivity index (χ3v) is 2.20. The summed E-state index contributed by atoms with van der Waals surface area (Å²) in [5.74, 6) is 0.698. The molecule has 3 N–H and O–H groups in total. The fourth-order valence-electron chi connectivity index (χ4n) is 1.46. The first kappa shape index (κ1) is 10.2. The quantitative estimate of drug-likeness (QED) is 0.335. The normalized spacial score (nSPS) is 11.7. The second kappa shape index (κ2) is 4.01. The Morgan fingerprint density at radius 3 is 2.88 bits per heavy atom. The van der Waals surface area contributed by atoms with Gasteiger partial charge in [0.2, 0.25) is 0 Å². The third-order valence-electron chi connectivity index (χ3n) is 2.20. The van der Waals surface area contributed by atoms with E-state index in [2.05, 4.69) is 15.1 Å². The lowest BCUT2D eigenvalue weighted by molar-refractivity contribution is 0.318. The minimum atomic E-state index is 0.0371. The van der Waals surface area contributed by atoms with Gasteiger partial charge in [0.1, 0.15) is 0 Å². The number of aryl methyl sites for hydroxylation is 1. The Kier molecular flexibility index (Phi) is 2.55. The highest BCUT2D eigenvalue weighted by molar-refractivity contribution is 5.96. The van der Waals surface area contributed by atoms with Crippen molar-refractivity contribution >= 4 is 5.84 Å². The summed E-state index contributed by atoms with van der Waals surface area (Å²) < 4.78 is 1.72. The fourth-order valence-corrected chi connectivity index (χ4v) is 1.46. The molecule has 16 heavy (non-hydrogen) atoms. The number of amidine groups is 1. The van der Waals surface area contributed by atoms with Crippen molar-refractivity contribution < 1.29 is 5.21 Å². The number of hydrogen-bond donors (Lipinski definition) is 2. The Hall–Kier alpha value is -2.37. The van der Waals surface area contributed by atoms with Crippen LogP contribution in [-0.2, 0) is 0 Å². The summed E-state index contributed by atoms with van der Waals surface area (Å²) in [5, 5.41) is 11.6. The van der Waals surface area contributed by atoms with Crippen LogP contribution in [0.2, 0.25) is 0 Å². The molecule has 0 saturated carbocycles. The van der Waals surface area contributed by atoms with Gasteiger partial charge in [0.05, 0.1) is 11.4 Å². The smallest absolute Gasteiger partial charge is 0.187 e. The second-order valence-electron chi connectivity index (χ2n) is 3.21. The average molecular weight is 217 g/mol. The molecule has 0 bridgehead atoms. The van der Waals surface area contributed by atoms with E-state index in [4.69, 9.17) is 10.9 Å². The third kappa shape index (κ3) is 1.60. The van der Waals surface area contributed by atoms with Crippen LogP contribution in [0.3, 0.4) is 0 Å². The van der Waals surface area contributed by atoms with E-state index >= 15 is 0 Å². The molecule has 6 heteroatoms. The van der Waals surface area contributed by atoms with E-state index < -0.39 is 0 Å². The molecule has 0 unspecified atom stereocenters. The lowest BCUT2D eigenvalue weighted by Crippen LogP contribution is -2.18. The number of hydrogen-bond acceptors (Lipinski definition) is 4. The minimum absolute atomic E-state index is 0.0371. The molecule has 0 atom stereocenters. The average Bonchev–Trinajstić information content (AvgIpc) is 2.77. The van der Waals surface area contributed by atoms with Crippen molar-refractivity contribution in [2.24, 2.45) is 10.9 Å². The Labute approximate surface area is 92.1 Å². The zero-order valence-electron chi connectivity index (χ0n) is 8.70. The van der Waals surface area contributed by atoms with Gasteiger partial charge < -0.3 is 10.9 Å². The van der Waals surface area contributed by atoms with Gasteiger partial charge >= 0.3 is 0 Å². The van der Waals surface area contributed by atoms with Gasteiger partial charge in [0.15, 0.2) is 11.7 Å². The molecule has 2 rings (SSSR count). The van der Waals surface area contributed by atoms with Gasteiger partial charge in [-0.05, 0) is 19.1 Å².